The number of nitrogens with two attached hydrogens (primary N) is 1. The number of fused-ring (bicyclic) bond motifs is 1. The van der Waals surface area contributed by atoms with Gasteiger partial charge in [-0.1, -0.05) is 18.2 Å². The van der Waals surface area contributed by atoms with Crippen molar-refractivity contribution in [1.29, 1.82) is 0 Å². The number of rotatable bonds is 5. The standard InChI is InChI=1S/C17H20N4O2/c1-3-23-17(22)15-10(2)20-16(21-15)13(18)8-11-9-19-14-7-5-4-6-12(11)14/h4-7,9,13,19H,3,8,18H2,1-2H3,(H,20,21)/t13-/m1/s1. The molecular formula is C17H20N4O2. The average Bonchev–Trinajstić information content (AvgIpc) is 3.12. The molecule has 6 heteroatoms. The first-order valence-electron chi connectivity index (χ1n) is 7.64. The molecule has 6 nitrogen and oxygen atoms in total. The number of esters is 1. The number of ether oxygens (including phenoxy) is 1. The average molecular weight is 312 g/mol. The molecule has 1 aromatic carbocycles. The molecule has 0 aliphatic rings. The molecule has 0 spiro atoms. The van der Waals surface area contributed by atoms with Crippen LogP contribution in [0.3, 0.4) is 0 Å². The number of nitrogens with one attached hydrogen (secondary N) is 2. The molecule has 3 rings (SSSR count). The molecule has 0 saturated heterocycles. The van der Waals surface area contributed by atoms with Crippen LogP contribution in [-0.2, 0) is 11.2 Å². The van der Waals surface area contributed by atoms with Gasteiger partial charge in [-0.25, -0.2) is 9.78 Å². The molecule has 0 amide bonds. The van der Waals surface area contributed by atoms with Gasteiger partial charge in [0, 0.05) is 22.8 Å². The van der Waals surface area contributed by atoms with Gasteiger partial charge < -0.3 is 20.4 Å². The third-order valence-corrected chi connectivity index (χ3v) is 3.84. The van der Waals surface area contributed by atoms with E-state index in [1.807, 2.05) is 24.4 Å². The second-order valence-electron chi connectivity index (χ2n) is 5.49. The van der Waals surface area contributed by atoms with Crippen molar-refractivity contribution in [3.63, 3.8) is 0 Å². The fourth-order valence-electron chi connectivity index (χ4n) is 2.69. The number of carbonyl (C=O) groups excluding carboxylic acids is 1. The normalized spacial score (nSPS) is 12.5. The predicted octanol–water partition coefficient (Wildman–Crippen LogP) is 2.62. The molecule has 2 heterocycles. The summed E-state index contributed by atoms with van der Waals surface area (Å²) < 4.78 is 5.00. The minimum absolute atomic E-state index is 0.302. The summed E-state index contributed by atoms with van der Waals surface area (Å²) in [5.74, 6) is 0.169. The molecule has 23 heavy (non-hydrogen) atoms. The maximum Gasteiger partial charge on any atom is 0.358 e. The van der Waals surface area contributed by atoms with Gasteiger partial charge in [0.1, 0.15) is 5.82 Å². The second kappa shape index (κ2) is 6.26. The first-order valence-corrected chi connectivity index (χ1v) is 7.64. The quantitative estimate of drug-likeness (QED) is 0.631. The number of hydrogen-bond acceptors (Lipinski definition) is 4. The van der Waals surface area contributed by atoms with Gasteiger partial charge in [-0.15, -0.1) is 0 Å². The SMILES string of the molecule is CCOC(=O)c1nc([C@H](N)Cc2c[nH]c3ccccc23)[nH]c1C. The van der Waals surface area contributed by atoms with E-state index < -0.39 is 5.97 Å². The zero-order valence-corrected chi connectivity index (χ0v) is 13.2. The van der Waals surface area contributed by atoms with Gasteiger partial charge in [0.25, 0.3) is 0 Å². The van der Waals surface area contributed by atoms with E-state index in [2.05, 4.69) is 21.0 Å². The van der Waals surface area contributed by atoms with Crippen LogP contribution in [0.4, 0.5) is 0 Å². The van der Waals surface area contributed by atoms with Gasteiger partial charge in [0.2, 0.25) is 0 Å². The van der Waals surface area contributed by atoms with Gasteiger partial charge in [-0.2, -0.15) is 0 Å². The first kappa shape index (κ1) is 15.3. The summed E-state index contributed by atoms with van der Waals surface area (Å²) in [6.07, 6.45) is 2.59. The Labute approximate surface area is 134 Å². The van der Waals surface area contributed by atoms with E-state index in [1.165, 1.54) is 0 Å². The highest BCUT2D eigenvalue weighted by molar-refractivity contribution is 5.88. The number of carbonyl (C=O) groups is 1. The Morgan fingerprint density at radius 1 is 1.39 bits per heavy atom. The highest BCUT2D eigenvalue weighted by Gasteiger charge is 2.20. The maximum absolute atomic E-state index is 11.8. The van der Waals surface area contributed by atoms with E-state index in [0.717, 1.165) is 16.5 Å². The first-order chi connectivity index (χ1) is 11.1. The fourth-order valence-corrected chi connectivity index (χ4v) is 2.69. The minimum Gasteiger partial charge on any atom is -0.461 e. The molecule has 120 valence electrons. The number of benzene rings is 1. The predicted molar refractivity (Wildman–Crippen MR) is 88.2 cm³/mol. The van der Waals surface area contributed by atoms with Gasteiger partial charge >= 0.3 is 5.97 Å². The number of imidazole rings is 1. The van der Waals surface area contributed by atoms with Crippen LogP contribution in [-0.4, -0.2) is 27.5 Å². The van der Waals surface area contributed by atoms with E-state index in [4.69, 9.17) is 10.5 Å². The summed E-state index contributed by atoms with van der Waals surface area (Å²) in [6.45, 7) is 3.88. The van der Waals surface area contributed by atoms with Crippen molar-refractivity contribution in [3.8, 4) is 0 Å². The van der Waals surface area contributed by atoms with Crippen molar-refractivity contribution in [2.24, 2.45) is 5.73 Å². The third kappa shape index (κ3) is 2.98. The Morgan fingerprint density at radius 2 is 2.17 bits per heavy atom. The lowest BCUT2D eigenvalue weighted by molar-refractivity contribution is 0.0519. The zero-order valence-electron chi connectivity index (χ0n) is 13.2. The topological polar surface area (TPSA) is 96.8 Å². The van der Waals surface area contributed by atoms with Crippen molar-refractivity contribution >= 4 is 16.9 Å². The molecule has 0 saturated carbocycles. The monoisotopic (exact) mass is 312 g/mol. The van der Waals surface area contributed by atoms with Crippen molar-refractivity contribution in [1.82, 2.24) is 15.0 Å². The zero-order chi connectivity index (χ0) is 16.4. The van der Waals surface area contributed by atoms with E-state index in [1.54, 1.807) is 13.8 Å². The lowest BCUT2D eigenvalue weighted by atomic mass is 10.1. The highest BCUT2D eigenvalue weighted by atomic mass is 16.5. The van der Waals surface area contributed by atoms with E-state index in [9.17, 15) is 4.79 Å². The minimum atomic E-state index is -0.424. The lowest BCUT2D eigenvalue weighted by Gasteiger charge is -2.07. The van der Waals surface area contributed by atoms with Crippen LogP contribution in [0.2, 0.25) is 0 Å². The molecule has 2 aromatic heterocycles. The van der Waals surface area contributed by atoms with Crippen LogP contribution in [0.15, 0.2) is 30.5 Å². The Balaban J connectivity index is 1.82. The summed E-state index contributed by atoms with van der Waals surface area (Å²) in [4.78, 5) is 22.5. The van der Waals surface area contributed by atoms with Crippen LogP contribution in [0.5, 0.6) is 0 Å². The van der Waals surface area contributed by atoms with Crippen LogP contribution in [0, 0.1) is 6.92 Å². The maximum atomic E-state index is 11.8. The number of aryl methyl sites for hydroxylation is 1. The largest absolute Gasteiger partial charge is 0.461 e. The second-order valence-corrected chi connectivity index (χ2v) is 5.49. The molecule has 4 N–H and O–H groups in total. The Morgan fingerprint density at radius 3 is 2.96 bits per heavy atom. The van der Waals surface area contributed by atoms with Crippen molar-refractivity contribution in [3.05, 3.63) is 53.2 Å². The van der Waals surface area contributed by atoms with Gasteiger partial charge in [0.15, 0.2) is 5.69 Å². The molecular weight excluding hydrogens is 292 g/mol. The molecule has 3 aromatic rings. The van der Waals surface area contributed by atoms with Crippen LogP contribution in [0.25, 0.3) is 10.9 Å². The van der Waals surface area contributed by atoms with Gasteiger partial charge in [-0.3, -0.25) is 0 Å². The fraction of sp³-hybridized carbons (Fsp3) is 0.294. The van der Waals surface area contributed by atoms with Crippen molar-refractivity contribution in [2.45, 2.75) is 26.3 Å². The summed E-state index contributed by atoms with van der Waals surface area (Å²) in [5, 5.41) is 1.15. The Hall–Kier alpha value is -2.60. The van der Waals surface area contributed by atoms with Gasteiger partial charge in [-0.05, 0) is 31.9 Å². The highest BCUT2D eigenvalue weighted by Crippen LogP contribution is 2.22. The number of para-hydroxylation sites is 1. The summed E-state index contributed by atoms with van der Waals surface area (Å²) in [7, 11) is 0. The Bertz CT molecular complexity index is 834. The molecule has 0 aliphatic heterocycles. The number of hydrogen-bond donors (Lipinski definition) is 3. The van der Waals surface area contributed by atoms with Crippen LogP contribution in [0.1, 0.15) is 40.5 Å². The summed E-state index contributed by atoms with van der Waals surface area (Å²) in [6, 6.07) is 7.76. The van der Waals surface area contributed by atoms with Crippen LogP contribution < -0.4 is 5.73 Å². The molecule has 1 atom stereocenters. The van der Waals surface area contributed by atoms with Crippen LogP contribution >= 0.6 is 0 Å². The van der Waals surface area contributed by atoms with E-state index in [-0.39, 0.29) is 6.04 Å². The van der Waals surface area contributed by atoms with Crippen molar-refractivity contribution in [2.75, 3.05) is 6.61 Å². The molecule has 0 fully saturated rings. The molecule has 0 radical (unpaired) electrons. The lowest BCUT2D eigenvalue weighted by Crippen LogP contribution is -2.15. The number of nitrogens with zero attached hydrogens (tertiary/aromatic N) is 1. The van der Waals surface area contributed by atoms with Gasteiger partial charge in [0.05, 0.1) is 12.6 Å². The molecule has 0 bridgehead atoms. The van der Waals surface area contributed by atoms with Crippen molar-refractivity contribution < 1.29 is 9.53 Å². The molecule has 0 aliphatic carbocycles. The third-order valence-electron chi connectivity index (χ3n) is 3.84. The summed E-state index contributed by atoms with van der Waals surface area (Å²) in [5.41, 5.74) is 9.46. The smallest absolute Gasteiger partial charge is 0.358 e. The molecule has 0 unspecified atom stereocenters. The summed E-state index contributed by atoms with van der Waals surface area (Å²) >= 11 is 0. The number of aromatic nitrogens is 3. The van der Waals surface area contributed by atoms with E-state index >= 15 is 0 Å². The number of H-pyrrole nitrogens is 2. The number of aromatic amines is 2. The Kier molecular flexibility index (Phi) is 4.16. The van der Waals surface area contributed by atoms with E-state index in [0.29, 0.717) is 30.2 Å².